The van der Waals surface area contributed by atoms with Gasteiger partial charge in [0.2, 0.25) is 5.91 Å². The second-order valence-electron chi connectivity index (χ2n) is 6.71. The highest BCUT2D eigenvalue weighted by Crippen LogP contribution is 2.34. The third kappa shape index (κ3) is 4.09. The summed E-state index contributed by atoms with van der Waals surface area (Å²) < 4.78 is 0. The summed E-state index contributed by atoms with van der Waals surface area (Å²) in [5.41, 5.74) is 3.97. The number of rotatable bonds is 5. The molecule has 0 radical (unpaired) electrons. The number of hydrogen-bond acceptors (Lipinski definition) is 5. The zero-order valence-electron chi connectivity index (χ0n) is 15.3. The van der Waals surface area contributed by atoms with E-state index >= 15 is 0 Å². The number of carbonyl (C=O) groups excluding carboxylic acids is 1. The Morgan fingerprint density at radius 2 is 1.76 bits per heavy atom. The van der Waals surface area contributed by atoms with Crippen LogP contribution >= 0.6 is 11.6 Å². The highest BCUT2D eigenvalue weighted by Gasteiger charge is 2.33. The average Bonchev–Trinajstić information content (AvgIpc) is 3.17. The molecule has 0 unspecified atom stereocenters. The van der Waals surface area contributed by atoms with E-state index in [0.29, 0.717) is 11.4 Å². The minimum Gasteiger partial charge on any atom is -0.481 e. The van der Waals surface area contributed by atoms with Crippen molar-refractivity contribution in [1.29, 1.82) is 0 Å². The van der Waals surface area contributed by atoms with E-state index < -0.39 is 5.97 Å². The van der Waals surface area contributed by atoms with Gasteiger partial charge in [-0.1, -0.05) is 29.8 Å². The zero-order chi connectivity index (χ0) is 20.4. The number of fused-ring (bicyclic) bond motifs is 1. The molecule has 0 aliphatic carbocycles. The number of carboxylic acids is 1. The van der Waals surface area contributed by atoms with Crippen molar-refractivity contribution in [3.63, 3.8) is 0 Å². The van der Waals surface area contributed by atoms with E-state index in [4.69, 9.17) is 16.7 Å². The van der Waals surface area contributed by atoms with Crippen LogP contribution in [0, 0.1) is 0 Å². The molecule has 3 aromatic rings. The van der Waals surface area contributed by atoms with Crippen LogP contribution in [0.5, 0.6) is 0 Å². The maximum Gasteiger partial charge on any atom is 0.303 e. The van der Waals surface area contributed by atoms with Crippen LogP contribution in [0.3, 0.4) is 0 Å². The van der Waals surface area contributed by atoms with Crippen molar-refractivity contribution in [1.82, 2.24) is 15.0 Å². The van der Waals surface area contributed by atoms with Crippen LogP contribution in [-0.2, 0) is 9.59 Å². The Morgan fingerprint density at radius 1 is 1.03 bits per heavy atom. The average molecular weight is 409 g/mol. The van der Waals surface area contributed by atoms with Crippen LogP contribution in [-0.4, -0.2) is 37.7 Å². The maximum atomic E-state index is 12.7. The zero-order valence-corrected chi connectivity index (χ0v) is 16.1. The van der Waals surface area contributed by atoms with E-state index in [1.165, 1.54) is 5.01 Å². The van der Waals surface area contributed by atoms with Gasteiger partial charge in [-0.25, -0.2) is 5.01 Å². The maximum absolute atomic E-state index is 12.7. The SMILES string of the molecule is O=C(O)CCC(=O)N1N=C(c2ccc(Cl)cc2)C[C@@H]1c1ccc2nccnc2c1. The molecule has 29 heavy (non-hydrogen) atoms. The Morgan fingerprint density at radius 3 is 2.48 bits per heavy atom. The first kappa shape index (κ1) is 19.0. The van der Waals surface area contributed by atoms with Crippen molar-refractivity contribution in [2.24, 2.45) is 5.10 Å². The van der Waals surface area contributed by atoms with Gasteiger partial charge < -0.3 is 5.11 Å². The second kappa shape index (κ2) is 7.97. The van der Waals surface area contributed by atoms with Crippen LogP contribution in [0.2, 0.25) is 5.02 Å². The van der Waals surface area contributed by atoms with Crippen LogP contribution < -0.4 is 0 Å². The fourth-order valence-corrected chi connectivity index (χ4v) is 3.46. The van der Waals surface area contributed by atoms with Gasteiger partial charge in [-0.3, -0.25) is 19.6 Å². The Balaban J connectivity index is 1.68. The van der Waals surface area contributed by atoms with E-state index in [1.807, 2.05) is 30.3 Å². The molecule has 2 heterocycles. The number of carboxylic acid groups (broad SMARTS) is 1. The third-order valence-corrected chi connectivity index (χ3v) is 5.03. The summed E-state index contributed by atoms with van der Waals surface area (Å²) >= 11 is 5.98. The summed E-state index contributed by atoms with van der Waals surface area (Å²) in [4.78, 5) is 32.2. The van der Waals surface area contributed by atoms with E-state index in [0.717, 1.165) is 27.9 Å². The molecule has 2 aromatic carbocycles. The van der Waals surface area contributed by atoms with Gasteiger partial charge in [0.1, 0.15) is 0 Å². The van der Waals surface area contributed by atoms with Gasteiger partial charge in [0.05, 0.1) is 29.2 Å². The van der Waals surface area contributed by atoms with Crippen LogP contribution in [0.4, 0.5) is 0 Å². The number of carbonyl (C=O) groups is 2. The van der Waals surface area contributed by atoms with E-state index in [9.17, 15) is 9.59 Å². The Hall–Kier alpha value is -3.32. The number of halogens is 1. The molecule has 1 aliphatic heterocycles. The summed E-state index contributed by atoms with van der Waals surface area (Å²) in [6.07, 6.45) is 3.40. The predicted molar refractivity (Wildman–Crippen MR) is 109 cm³/mol. The molecular weight excluding hydrogens is 392 g/mol. The second-order valence-corrected chi connectivity index (χ2v) is 7.15. The number of nitrogens with zero attached hydrogens (tertiary/aromatic N) is 4. The first-order valence-electron chi connectivity index (χ1n) is 9.09. The van der Waals surface area contributed by atoms with Crippen molar-refractivity contribution in [3.05, 3.63) is 71.0 Å². The van der Waals surface area contributed by atoms with Crippen LogP contribution in [0.15, 0.2) is 60.0 Å². The van der Waals surface area contributed by atoms with Gasteiger partial charge in [-0.2, -0.15) is 5.10 Å². The Kier molecular flexibility index (Phi) is 5.22. The predicted octanol–water partition coefficient (Wildman–Crippen LogP) is 3.83. The molecule has 1 amide bonds. The van der Waals surface area contributed by atoms with Crippen LogP contribution in [0.25, 0.3) is 11.0 Å². The molecule has 7 nitrogen and oxygen atoms in total. The third-order valence-electron chi connectivity index (χ3n) is 4.77. The molecule has 1 aliphatic rings. The fourth-order valence-electron chi connectivity index (χ4n) is 3.33. The molecule has 8 heteroatoms. The normalized spacial score (nSPS) is 16.1. The highest BCUT2D eigenvalue weighted by molar-refractivity contribution is 6.30. The molecule has 0 spiro atoms. The minimum atomic E-state index is -1.02. The molecule has 1 atom stereocenters. The standard InChI is InChI=1S/C21H17ClN4O3/c22-15-4-1-13(2-5-15)17-12-19(26(25-17)20(27)7-8-21(28)29)14-3-6-16-18(11-14)24-10-9-23-16/h1-6,9-11,19H,7-8,12H2,(H,28,29)/t19-/m1/s1. The number of hydrazone groups is 1. The lowest BCUT2D eigenvalue weighted by Gasteiger charge is -2.22. The number of amides is 1. The van der Waals surface area contributed by atoms with Crippen molar-refractivity contribution < 1.29 is 14.7 Å². The largest absolute Gasteiger partial charge is 0.481 e. The number of hydrogen-bond donors (Lipinski definition) is 1. The van der Waals surface area contributed by atoms with Gasteiger partial charge in [-0.15, -0.1) is 0 Å². The quantitative estimate of drug-likeness (QED) is 0.692. The molecule has 4 rings (SSSR count). The smallest absolute Gasteiger partial charge is 0.303 e. The van der Waals surface area contributed by atoms with Crippen molar-refractivity contribution in [3.8, 4) is 0 Å². The molecule has 0 fully saturated rings. The van der Waals surface area contributed by atoms with Crippen molar-refractivity contribution in [2.75, 3.05) is 0 Å². The molecule has 0 saturated heterocycles. The Labute approximate surface area is 171 Å². The van der Waals surface area contributed by atoms with Crippen LogP contribution in [0.1, 0.15) is 36.4 Å². The molecule has 0 saturated carbocycles. The van der Waals surface area contributed by atoms with E-state index in [-0.39, 0.29) is 24.8 Å². The number of benzene rings is 2. The fraction of sp³-hybridized carbons (Fsp3) is 0.190. The molecule has 1 N–H and O–H groups in total. The summed E-state index contributed by atoms with van der Waals surface area (Å²) in [5.74, 6) is -1.35. The van der Waals surface area contributed by atoms with E-state index in [2.05, 4.69) is 15.1 Å². The summed E-state index contributed by atoms with van der Waals surface area (Å²) in [6.45, 7) is 0. The molecule has 1 aromatic heterocycles. The lowest BCUT2D eigenvalue weighted by Crippen LogP contribution is -2.27. The number of aromatic nitrogens is 2. The Bertz CT molecular complexity index is 1110. The topological polar surface area (TPSA) is 95.8 Å². The van der Waals surface area contributed by atoms with Crippen molar-refractivity contribution >= 4 is 40.2 Å². The van der Waals surface area contributed by atoms with Gasteiger partial charge in [0, 0.05) is 30.3 Å². The molecular formula is C21H17ClN4O3. The van der Waals surface area contributed by atoms with E-state index in [1.54, 1.807) is 24.5 Å². The summed E-state index contributed by atoms with van der Waals surface area (Å²) in [5, 5.41) is 15.5. The monoisotopic (exact) mass is 408 g/mol. The molecule has 0 bridgehead atoms. The summed E-state index contributed by atoms with van der Waals surface area (Å²) in [6, 6.07) is 12.6. The first-order valence-corrected chi connectivity index (χ1v) is 9.47. The van der Waals surface area contributed by atoms with Gasteiger partial charge in [0.25, 0.3) is 0 Å². The lowest BCUT2D eigenvalue weighted by molar-refractivity contribution is -0.141. The first-order chi connectivity index (χ1) is 14.0. The van der Waals surface area contributed by atoms with Gasteiger partial charge in [-0.05, 0) is 35.4 Å². The number of aliphatic carboxylic acids is 1. The van der Waals surface area contributed by atoms with Gasteiger partial charge >= 0.3 is 5.97 Å². The lowest BCUT2D eigenvalue weighted by atomic mass is 9.98. The van der Waals surface area contributed by atoms with Crippen molar-refractivity contribution in [2.45, 2.75) is 25.3 Å². The molecule has 146 valence electrons. The summed E-state index contributed by atoms with van der Waals surface area (Å²) in [7, 11) is 0. The minimum absolute atomic E-state index is 0.114. The highest BCUT2D eigenvalue weighted by atomic mass is 35.5. The van der Waals surface area contributed by atoms with Gasteiger partial charge in [0.15, 0.2) is 0 Å².